The summed E-state index contributed by atoms with van der Waals surface area (Å²) in [7, 11) is 0. The fourth-order valence-corrected chi connectivity index (χ4v) is 1.50. The van der Waals surface area contributed by atoms with Gasteiger partial charge in [0.1, 0.15) is 0 Å². The van der Waals surface area contributed by atoms with Gasteiger partial charge in [0.25, 0.3) is 0 Å². The van der Waals surface area contributed by atoms with Gasteiger partial charge in [-0.1, -0.05) is 32.0 Å². The molecule has 2 heteroatoms. The van der Waals surface area contributed by atoms with Crippen molar-refractivity contribution in [3.63, 3.8) is 0 Å². The molecular weight excluding hydrogens is 164 g/mol. The molecule has 0 saturated heterocycles. The van der Waals surface area contributed by atoms with Crippen LogP contribution >= 0.6 is 0 Å². The van der Waals surface area contributed by atoms with E-state index in [0.29, 0.717) is 5.56 Å². The van der Waals surface area contributed by atoms with Crippen molar-refractivity contribution in [3.05, 3.63) is 34.9 Å². The van der Waals surface area contributed by atoms with Crippen molar-refractivity contribution in [2.24, 2.45) is 0 Å². The van der Waals surface area contributed by atoms with Crippen LogP contribution < -0.4 is 5.11 Å². The fourth-order valence-electron chi connectivity index (χ4n) is 1.50. The van der Waals surface area contributed by atoms with E-state index >= 15 is 0 Å². The Balaban J connectivity index is 3.29. The molecule has 0 unspecified atom stereocenters. The molecule has 13 heavy (non-hydrogen) atoms. The standard InChI is InChI=1S/C11H14O2/c1-3-8-6-5-7-9(4-2)10(8)11(12)13/h5-7H,3-4H2,1-2H3,(H,12,13)/p-1. The van der Waals surface area contributed by atoms with Gasteiger partial charge in [0.2, 0.25) is 0 Å². The number of rotatable bonds is 3. The van der Waals surface area contributed by atoms with Crippen LogP contribution in [-0.2, 0) is 12.8 Å². The fraction of sp³-hybridized carbons (Fsp3) is 0.364. The van der Waals surface area contributed by atoms with Crippen LogP contribution in [0.1, 0.15) is 35.3 Å². The lowest BCUT2D eigenvalue weighted by molar-refractivity contribution is -0.255. The lowest BCUT2D eigenvalue weighted by atomic mass is 9.98. The normalized spacial score (nSPS) is 10.0. The SMILES string of the molecule is CCc1cccc(CC)c1C(=O)[O-]. The van der Waals surface area contributed by atoms with Crippen LogP contribution in [0.15, 0.2) is 18.2 Å². The number of hydrogen-bond donors (Lipinski definition) is 0. The van der Waals surface area contributed by atoms with Crippen molar-refractivity contribution in [3.8, 4) is 0 Å². The second-order valence-corrected chi connectivity index (χ2v) is 2.95. The minimum Gasteiger partial charge on any atom is -0.545 e. The van der Waals surface area contributed by atoms with E-state index in [1.807, 2.05) is 32.0 Å². The highest BCUT2D eigenvalue weighted by atomic mass is 16.4. The van der Waals surface area contributed by atoms with Gasteiger partial charge in [0.15, 0.2) is 0 Å². The molecule has 0 aliphatic carbocycles. The number of aromatic carboxylic acids is 1. The van der Waals surface area contributed by atoms with Crippen molar-refractivity contribution in [1.82, 2.24) is 0 Å². The molecule has 0 aromatic heterocycles. The molecule has 0 bridgehead atoms. The number of aryl methyl sites for hydroxylation is 2. The Morgan fingerprint density at radius 1 is 1.23 bits per heavy atom. The highest BCUT2D eigenvalue weighted by molar-refractivity contribution is 5.89. The lowest BCUT2D eigenvalue weighted by Gasteiger charge is -2.13. The van der Waals surface area contributed by atoms with Crippen molar-refractivity contribution >= 4 is 5.97 Å². The highest BCUT2D eigenvalue weighted by Crippen LogP contribution is 2.15. The van der Waals surface area contributed by atoms with Gasteiger partial charge in [-0.2, -0.15) is 0 Å². The van der Waals surface area contributed by atoms with Crippen molar-refractivity contribution in [2.75, 3.05) is 0 Å². The summed E-state index contributed by atoms with van der Waals surface area (Å²) in [4.78, 5) is 10.8. The summed E-state index contributed by atoms with van der Waals surface area (Å²) >= 11 is 0. The Morgan fingerprint density at radius 3 is 2.00 bits per heavy atom. The monoisotopic (exact) mass is 177 g/mol. The first-order valence-corrected chi connectivity index (χ1v) is 4.52. The Labute approximate surface area is 78.2 Å². The third-order valence-corrected chi connectivity index (χ3v) is 2.20. The van der Waals surface area contributed by atoms with E-state index in [-0.39, 0.29) is 0 Å². The van der Waals surface area contributed by atoms with Gasteiger partial charge >= 0.3 is 0 Å². The maximum absolute atomic E-state index is 10.8. The minimum atomic E-state index is -1.06. The van der Waals surface area contributed by atoms with Crippen LogP contribution in [0.2, 0.25) is 0 Å². The second kappa shape index (κ2) is 4.08. The molecule has 1 aromatic rings. The van der Waals surface area contributed by atoms with E-state index in [2.05, 4.69) is 0 Å². The molecule has 0 radical (unpaired) electrons. The zero-order valence-electron chi connectivity index (χ0n) is 7.96. The quantitative estimate of drug-likeness (QED) is 0.695. The van der Waals surface area contributed by atoms with E-state index in [9.17, 15) is 9.90 Å². The Hall–Kier alpha value is -1.31. The van der Waals surface area contributed by atoms with E-state index in [0.717, 1.165) is 24.0 Å². The van der Waals surface area contributed by atoms with Gasteiger partial charge < -0.3 is 9.90 Å². The molecule has 0 N–H and O–H groups in total. The summed E-state index contributed by atoms with van der Waals surface area (Å²) in [5.41, 5.74) is 2.10. The van der Waals surface area contributed by atoms with Crippen LogP contribution in [0, 0.1) is 0 Å². The number of benzene rings is 1. The van der Waals surface area contributed by atoms with Crippen molar-refractivity contribution in [2.45, 2.75) is 26.7 Å². The summed E-state index contributed by atoms with van der Waals surface area (Å²) in [6.45, 7) is 3.89. The molecule has 0 saturated carbocycles. The molecule has 0 aliphatic heterocycles. The van der Waals surface area contributed by atoms with Crippen LogP contribution in [0.25, 0.3) is 0 Å². The van der Waals surface area contributed by atoms with Gasteiger partial charge in [-0.05, 0) is 24.0 Å². The van der Waals surface area contributed by atoms with Gasteiger partial charge in [0, 0.05) is 5.56 Å². The number of carboxylic acid groups (broad SMARTS) is 1. The topological polar surface area (TPSA) is 40.1 Å². The van der Waals surface area contributed by atoms with Crippen molar-refractivity contribution < 1.29 is 9.90 Å². The molecular formula is C11H13O2-. The Morgan fingerprint density at radius 2 is 1.69 bits per heavy atom. The second-order valence-electron chi connectivity index (χ2n) is 2.95. The predicted octanol–water partition coefficient (Wildman–Crippen LogP) is 1.17. The molecule has 0 atom stereocenters. The maximum atomic E-state index is 10.8. The first kappa shape index (κ1) is 9.78. The summed E-state index contributed by atoms with van der Waals surface area (Å²) < 4.78 is 0. The molecule has 0 aliphatic rings. The van der Waals surface area contributed by atoms with E-state index < -0.39 is 5.97 Å². The third kappa shape index (κ3) is 1.89. The van der Waals surface area contributed by atoms with E-state index in [1.54, 1.807) is 0 Å². The van der Waals surface area contributed by atoms with Crippen LogP contribution in [0.3, 0.4) is 0 Å². The molecule has 0 amide bonds. The van der Waals surface area contributed by atoms with Gasteiger partial charge in [0.05, 0.1) is 5.97 Å². The maximum Gasteiger partial charge on any atom is 0.0720 e. The zero-order valence-corrected chi connectivity index (χ0v) is 7.96. The summed E-state index contributed by atoms with van der Waals surface area (Å²) in [6, 6.07) is 5.57. The van der Waals surface area contributed by atoms with Gasteiger partial charge in [-0.3, -0.25) is 0 Å². The number of carbonyl (C=O) groups excluding carboxylic acids is 1. The van der Waals surface area contributed by atoms with Crippen LogP contribution in [0.5, 0.6) is 0 Å². The number of carbonyl (C=O) groups is 1. The van der Waals surface area contributed by atoms with Gasteiger partial charge in [-0.15, -0.1) is 0 Å². The molecule has 0 spiro atoms. The average molecular weight is 177 g/mol. The van der Waals surface area contributed by atoms with E-state index in [4.69, 9.17) is 0 Å². The highest BCUT2D eigenvalue weighted by Gasteiger charge is 2.05. The molecule has 0 heterocycles. The molecule has 1 rings (SSSR count). The third-order valence-electron chi connectivity index (χ3n) is 2.20. The number of hydrogen-bond acceptors (Lipinski definition) is 2. The molecule has 1 aromatic carbocycles. The first-order valence-electron chi connectivity index (χ1n) is 4.52. The molecule has 0 fully saturated rings. The largest absolute Gasteiger partial charge is 0.545 e. The van der Waals surface area contributed by atoms with Crippen molar-refractivity contribution in [1.29, 1.82) is 0 Å². The Bertz CT molecular complexity index is 294. The van der Waals surface area contributed by atoms with Gasteiger partial charge in [-0.25, -0.2) is 0 Å². The summed E-state index contributed by atoms with van der Waals surface area (Å²) in [5, 5.41) is 10.8. The molecule has 70 valence electrons. The lowest BCUT2D eigenvalue weighted by Crippen LogP contribution is -2.25. The number of carboxylic acids is 1. The van der Waals surface area contributed by atoms with Crippen LogP contribution in [0.4, 0.5) is 0 Å². The van der Waals surface area contributed by atoms with Crippen LogP contribution in [-0.4, -0.2) is 5.97 Å². The first-order chi connectivity index (χ1) is 6.20. The smallest absolute Gasteiger partial charge is 0.0720 e. The predicted molar refractivity (Wildman–Crippen MR) is 49.5 cm³/mol. The summed E-state index contributed by atoms with van der Waals surface area (Å²) in [6.07, 6.45) is 1.47. The molecule has 2 nitrogen and oxygen atoms in total. The Kier molecular flexibility index (Phi) is 3.07. The zero-order chi connectivity index (χ0) is 9.84. The summed E-state index contributed by atoms with van der Waals surface area (Å²) in [5.74, 6) is -1.06. The average Bonchev–Trinajstić information content (AvgIpc) is 2.16. The minimum absolute atomic E-state index is 0.382. The van der Waals surface area contributed by atoms with E-state index in [1.165, 1.54) is 0 Å².